The molecule has 3 nitrogen and oxygen atoms in total. The molecular formula is C13H16N2O. The minimum Gasteiger partial charge on any atom is -0.399 e. The second kappa shape index (κ2) is 3.00. The van der Waals surface area contributed by atoms with E-state index in [1.807, 2.05) is 18.0 Å². The quantitative estimate of drug-likeness (QED) is 0.665. The lowest BCUT2D eigenvalue weighted by Gasteiger charge is -2.23. The van der Waals surface area contributed by atoms with Crippen LogP contribution in [-0.2, 0) is 16.6 Å². The van der Waals surface area contributed by atoms with Crippen molar-refractivity contribution in [3.63, 3.8) is 0 Å². The van der Waals surface area contributed by atoms with Gasteiger partial charge in [0.2, 0.25) is 5.91 Å². The maximum absolute atomic E-state index is 11.7. The molecule has 1 amide bonds. The van der Waals surface area contributed by atoms with Gasteiger partial charge in [-0.1, -0.05) is 6.07 Å². The van der Waals surface area contributed by atoms with Crippen molar-refractivity contribution in [2.75, 3.05) is 19.3 Å². The summed E-state index contributed by atoms with van der Waals surface area (Å²) < 4.78 is 0. The van der Waals surface area contributed by atoms with E-state index in [9.17, 15) is 4.79 Å². The fourth-order valence-corrected chi connectivity index (χ4v) is 3.18. The van der Waals surface area contributed by atoms with Gasteiger partial charge in [-0.15, -0.1) is 0 Å². The molecule has 1 fully saturated rings. The van der Waals surface area contributed by atoms with Crippen molar-refractivity contribution in [2.24, 2.45) is 0 Å². The Morgan fingerprint density at radius 1 is 1.44 bits per heavy atom. The van der Waals surface area contributed by atoms with Gasteiger partial charge in [0.25, 0.3) is 0 Å². The highest BCUT2D eigenvalue weighted by Gasteiger charge is 2.46. The second-order valence-corrected chi connectivity index (χ2v) is 5.12. The van der Waals surface area contributed by atoms with Gasteiger partial charge in [-0.2, -0.15) is 0 Å². The number of likely N-dealkylation sites (tertiary alicyclic amines) is 1. The lowest BCUT2D eigenvalue weighted by atomic mass is 9.81. The third kappa shape index (κ3) is 1.17. The van der Waals surface area contributed by atoms with Gasteiger partial charge in [0.05, 0.1) is 0 Å². The average molecular weight is 216 g/mol. The SMILES string of the molecule is CN1CC2(CCc3ccc(N)cc32)CC1=O. The molecule has 84 valence electrons. The lowest BCUT2D eigenvalue weighted by Crippen LogP contribution is -2.27. The van der Waals surface area contributed by atoms with Crippen molar-refractivity contribution in [3.05, 3.63) is 29.3 Å². The maximum atomic E-state index is 11.7. The molecule has 1 aromatic rings. The third-order valence-corrected chi connectivity index (χ3v) is 4.03. The Balaban J connectivity index is 2.09. The summed E-state index contributed by atoms with van der Waals surface area (Å²) in [5.74, 6) is 0.260. The second-order valence-electron chi connectivity index (χ2n) is 5.12. The standard InChI is InChI=1S/C13H16N2O/c1-15-8-13(7-12(15)16)5-4-9-2-3-10(14)6-11(9)13/h2-3,6H,4-5,7-8,14H2,1H3. The monoisotopic (exact) mass is 216 g/mol. The molecule has 0 saturated carbocycles. The molecule has 1 aliphatic heterocycles. The molecule has 2 aliphatic rings. The molecule has 1 aromatic carbocycles. The molecule has 3 heteroatoms. The van der Waals surface area contributed by atoms with Crippen molar-refractivity contribution >= 4 is 11.6 Å². The van der Waals surface area contributed by atoms with Crippen LogP contribution in [0, 0.1) is 0 Å². The van der Waals surface area contributed by atoms with E-state index in [-0.39, 0.29) is 11.3 Å². The van der Waals surface area contributed by atoms with E-state index in [1.54, 1.807) is 0 Å². The number of nitrogens with zero attached hydrogens (tertiary/aromatic N) is 1. The van der Waals surface area contributed by atoms with Crippen LogP contribution in [0.25, 0.3) is 0 Å². The molecule has 1 spiro atoms. The number of benzene rings is 1. The van der Waals surface area contributed by atoms with Crippen LogP contribution in [0.4, 0.5) is 5.69 Å². The van der Waals surface area contributed by atoms with Crippen LogP contribution in [-0.4, -0.2) is 24.4 Å². The van der Waals surface area contributed by atoms with Crippen molar-refractivity contribution in [3.8, 4) is 0 Å². The number of carbonyl (C=O) groups excluding carboxylic acids is 1. The van der Waals surface area contributed by atoms with Gasteiger partial charge in [-0.05, 0) is 36.1 Å². The number of hydrogen-bond donors (Lipinski definition) is 1. The number of amides is 1. The van der Waals surface area contributed by atoms with Gasteiger partial charge in [0, 0.05) is 31.1 Å². The molecule has 1 unspecified atom stereocenters. The highest BCUT2D eigenvalue weighted by Crippen LogP contribution is 2.46. The minimum absolute atomic E-state index is 0.0521. The number of carbonyl (C=O) groups is 1. The molecule has 2 N–H and O–H groups in total. The highest BCUT2D eigenvalue weighted by molar-refractivity contribution is 5.81. The first-order valence-electron chi connectivity index (χ1n) is 5.74. The summed E-state index contributed by atoms with van der Waals surface area (Å²) in [6.07, 6.45) is 2.82. The first kappa shape index (κ1) is 9.70. The molecule has 0 radical (unpaired) electrons. The summed E-state index contributed by atoms with van der Waals surface area (Å²) in [4.78, 5) is 13.6. The Labute approximate surface area is 95.2 Å². The number of nitrogens with two attached hydrogens (primary N) is 1. The van der Waals surface area contributed by atoms with E-state index in [1.165, 1.54) is 11.1 Å². The van der Waals surface area contributed by atoms with E-state index in [0.717, 1.165) is 25.1 Å². The summed E-state index contributed by atoms with van der Waals surface area (Å²) in [6.45, 7) is 0.849. The van der Waals surface area contributed by atoms with E-state index in [2.05, 4.69) is 12.1 Å². The normalized spacial score (nSPS) is 27.8. The van der Waals surface area contributed by atoms with Gasteiger partial charge >= 0.3 is 0 Å². The van der Waals surface area contributed by atoms with E-state index >= 15 is 0 Å². The van der Waals surface area contributed by atoms with Gasteiger partial charge in [-0.25, -0.2) is 0 Å². The van der Waals surface area contributed by atoms with Crippen LogP contribution >= 0.6 is 0 Å². The van der Waals surface area contributed by atoms with Crippen LogP contribution < -0.4 is 5.73 Å². The topological polar surface area (TPSA) is 46.3 Å². The van der Waals surface area contributed by atoms with Crippen molar-refractivity contribution in [1.82, 2.24) is 4.90 Å². The van der Waals surface area contributed by atoms with Crippen molar-refractivity contribution < 1.29 is 4.79 Å². The minimum atomic E-state index is 0.0521. The largest absolute Gasteiger partial charge is 0.399 e. The molecule has 0 aromatic heterocycles. The zero-order valence-corrected chi connectivity index (χ0v) is 9.49. The summed E-state index contributed by atoms with van der Waals surface area (Å²) in [5, 5.41) is 0. The number of likely N-dealkylation sites (N-methyl/N-ethyl adjacent to an activating group) is 1. The zero-order chi connectivity index (χ0) is 11.3. The predicted molar refractivity (Wildman–Crippen MR) is 63.1 cm³/mol. The Kier molecular flexibility index (Phi) is 1.82. The van der Waals surface area contributed by atoms with Crippen LogP contribution in [0.2, 0.25) is 0 Å². The van der Waals surface area contributed by atoms with Crippen LogP contribution in [0.3, 0.4) is 0 Å². The Hall–Kier alpha value is -1.51. The molecule has 1 saturated heterocycles. The fraction of sp³-hybridized carbons (Fsp3) is 0.462. The van der Waals surface area contributed by atoms with E-state index in [0.29, 0.717) is 6.42 Å². The van der Waals surface area contributed by atoms with Gasteiger partial charge in [-0.3, -0.25) is 4.79 Å². The summed E-state index contributed by atoms with van der Waals surface area (Å²) >= 11 is 0. The highest BCUT2D eigenvalue weighted by atomic mass is 16.2. The Bertz CT molecular complexity index is 469. The number of anilines is 1. The third-order valence-electron chi connectivity index (χ3n) is 4.03. The molecular weight excluding hydrogens is 200 g/mol. The van der Waals surface area contributed by atoms with E-state index < -0.39 is 0 Å². The lowest BCUT2D eigenvalue weighted by molar-refractivity contribution is -0.126. The molecule has 3 rings (SSSR count). The molecule has 16 heavy (non-hydrogen) atoms. The van der Waals surface area contributed by atoms with Crippen molar-refractivity contribution in [1.29, 1.82) is 0 Å². The smallest absolute Gasteiger partial charge is 0.223 e. The summed E-state index contributed by atoms with van der Waals surface area (Å²) in [6, 6.07) is 6.13. The van der Waals surface area contributed by atoms with Crippen LogP contribution in [0.15, 0.2) is 18.2 Å². The molecule has 1 aliphatic carbocycles. The number of fused-ring (bicyclic) bond motifs is 2. The fourth-order valence-electron chi connectivity index (χ4n) is 3.18. The van der Waals surface area contributed by atoms with Crippen LogP contribution in [0.1, 0.15) is 24.0 Å². The Morgan fingerprint density at radius 2 is 2.25 bits per heavy atom. The van der Waals surface area contributed by atoms with Crippen LogP contribution in [0.5, 0.6) is 0 Å². The zero-order valence-electron chi connectivity index (χ0n) is 9.49. The number of nitrogen functional groups attached to an aromatic ring is 1. The first-order chi connectivity index (χ1) is 7.61. The molecule has 1 atom stereocenters. The van der Waals surface area contributed by atoms with E-state index in [4.69, 9.17) is 5.73 Å². The number of hydrogen-bond acceptors (Lipinski definition) is 2. The summed E-state index contributed by atoms with van der Waals surface area (Å²) in [5.41, 5.74) is 9.39. The van der Waals surface area contributed by atoms with Gasteiger partial charge in [0.1, 0.15) is 0 Å². The average Bonchev–Trinajstić information content (AvgIpc) is 2.71. The number of rotatable bonds is 0. The maximum Gasteiger partial charge on any atom is 0.223 e. The molecule has 0 bridgehead atoms. The Morgan fingerprint density at radius 3 is 2.94 bits per heavy atom. The first-order valence-corrected chi connectivity index (χ1v) is 5.74. The van der Waals surface area contributed by atoms with Gasteiger partial charge in [0.15, 0.2) is 0 Å². The number of aryl methyl sites for hydroxylation is 1. The molecule has 1 heterocycles. The van der Waals surface area contributed by atoms with Gasteiger partial charge < -0.3 is 10.6 Å². The van der Waals surface area contributed by atoms with Crippen molar-refractivity contribution in [2.45, 2.75) is 24.7 Å². The predicted octanol–water partition coefficient (Wildman–Crippen LogP) is 1.31. The summed E-state index contributed by atoms with van der Waals surface area (Å²) in [7, 11) is 1.89.